The predicted octanol–water partition coefficient (Wildman–Crippen LogP) is 3.12. The Morgan fingerprint density at radius 3 is 2.91 bits per heavy atom. The van der Waals surface area contributed by atoms with Crippen molar-refractivity contribution in [1.29, 1.82) is 5.41 Å². The SMILES string of the molecule is CCC1NC(COc2cc(F)ccc2C(=O)N2CC(=N)/C(=C3/N=CC(Cl)=CN3)C2)CC1F. The van der Waals surface area contributed by atoms with Crippen LogP contribution in [0.1, 0.15) is 30.1 Å². The van der Waals surface area contributed by atoms with Gasteiger partial charge in [0.2, 0.25) is 0 Å². The number of ether oxygens (including phenoxy) is 1. The second-order valence-corrected chi connectivity index (χ2v) is 8.42. The van der Waals surface area contributed by atoms with Crippen LogP contribution < -0.4 is 15.4 Å². The molecule has 10 heteroatoms. The van der Waals surface area contributed by atoms with Crippen molar-refractivity contribution in [1.82, 2.24) is 15.5 Å². The van der Waals surface area contributed by atoms with Gasteiger partial charge in [-0.3, -0.25) is 4.79 Å². The molecule has 1 amide bonds. The molecule has 0 bridgehead atoms. The van der Waals surface area contributed by atoms with Crippen molar-refractivity contribution in [3.05, 3.63) is 52.2 Å². The summed E-state index contributed by atoms with van der Waals surface area (Å²) in [5.41, 5.74) is 1.02. The number of aliphatic imine (C=N–C) groups is 1. The van der Waals surface area contributed by atoms with Gasteiger partial charge in [0.25, 0.3) is 5.91 Å². The molecule has 2 saturated heterocycles. The number of allylic oxidation sites excluding steroid dienone is 1. The number of rotatable bonds is 5. The molecule has 3 heterocycles. The van der Waals surface area contributed by atoms with Gasteiger partial charge in [0.05, 0.1) is 29.4 Å². The Labute approximate surface area is 189 Å². The van der Waals surface area contributed by atoms with Crippen molar-refractivity contribution >= 4 is 29.4 Å². The van der Waals surface area contributed by atoms with Gasteiger partial charge >= 0.3 is 0 Å². The highest BCUT2D eigenvalue weighted by Gasteiger charge is 2.34. The smallest absolute Gasteiger partial charge is 0.258 e. The van der Waals surface area contributed by atoms with Crippen LogP contribution in [0, 0.1) is 11.2 Å². The minimum absolute atomic E-state index is 0.0923. The molecule has 0 radical (unpaired) electrons. The van der Waals surface area contributed by atoms with Gasteiger partial charge in [-0.15, -0.1) is 0 Å². The largest absolute Gasteiger partial charge is 0.491 e. The summed E-state index contributed by atoms with van der Waals surface area (Å²) in [4.78, 5) is 18.8. The van der Waals surface area contributed by atoms with Gasteiger partial charge in [0.1, 0.15) is 30.2 Å². The molecule has 3 N–H and O–H groups in total. The monoisotopic (exact) mass is 463 g/mol. The van der Waals surface area contributed by atoms with Crippen molar-refractivity contribution in [3.63, 3.8) is 0 Å². The second kappa shape index (κ2) is 9.38. The van der Waals surface area contributed by atoms with E-state index in [0.717, 1.165) is 6.07 Å². The molecule has 0 aromatic heterocycles. The van der Waals surface area contributed by atoms with Crippen molar-refractivity contribution in [3.8, 4) is 5.75 Å². The molecular formula is C22H24ClF2N5O2. The summed E-state index contributed by atoms with van der Waals surface area (Å²) in [6, 6.07) is 3.29. The van der Waals surface area contributed by atoms with Crippen LogP contribution in [0.15, 0.2) is 45.8 Å². The number of hydrogen-bond donors (Lipinski definition) is 3. The van der Waals surface area contributed by atoms with Crippen molar-refractivity contribution < 1.29 is 18.3 Å². The molecule has 3 aliphatic rings. The molecule has 170 valence electrons. The Kier molecular flexibility index (Phi) is 6.57. The van der Waals surface area contributed by atoms with Crippen LogP contribution in [0.5, 0.6) is 5.75 Å². The highest BCUT2D eigenvalue weighted by Crippen LogP contribution is 2.27. The third-order valence-electron chi connectivity index (χ3n) is 5.75. The fourth-order valence-corrected chi connectivity index (χ4v) is 4.15. The Balaban J connectivity index is 1.48. The summed E-state index contributed by atoms with van der Waals surface area (Å²) in [5.74, 6) is -0.359. The molecule has 3 aliphatic heterocycles. The number of carbonyl (C=O) groups is 1. The molecule has 3 unspecified atom stereocenters. The highest BCUT2D eigenvalue weighted by atomic mass is 35.5. The maximum Gasteiger partial charge on any atom is 0.258 e. The van der Waals surface area contributed by atoms with Gasteiger partial charge < -0.3 is 25.7 Å². The lowest BCUT2D eigenvalue weighted by molar-refractivity contribution is 0.0798. The number of carbonyl (C=O) groups excluding carboxylic acids is 1. The van der Waals surface area contributed by atoms with E-state index in [-0.39, 0.29) is 54.7 Å². The number of amides is 1. The van der Waals surface area contributed by atoms with E-state index in [0.29, 0.717) is 29.3 Å². The lowest BCUT2D eigenvalue weighted by Gasteiger charge is -2.19. The third kappa shape index (κ3) is 4.68. The van der Waals surface area contributed by atoms with Gasteiger partial charge in [-0.1, -0.05) is 18.5 Å². The zero-order chi connectivity index (χ0) is 22.8. The number of alkyl halides is 1. The summed E-state index contributed by atoms with van der Waals surface area (Å²) < 4.78 is 33.7. The average molecular weight is 464 g/mol. The van der Waals surface area contributed by atoms with E-state index >= 15 is 0 Å². The number of hydrogen-bond acceptors (Lipinski definition) is 6. The van der Waals surface area contributed by atoms with Crippen LogP contribution in [-0.4, -0.2) is 60.7 Å². The first-order valence-electron chi connectivity index (χ1n) is 10.4. The molecule has 7 nitrogen and oxygen atoms in total. The van der Waals surface area contributed by atoms with Crippen LogP contribution in [-0.2, 0) is 0 Å². The van der Waals surface area contributed by atoms with Gasteiger partial charge in [0, 0.05) is 36.1 Å². The zero-order valence-corrected chi connectivity index (χ0v) is 18.3. The summed E-state index contributed by atoms with van der Waals surface area (Å²) >= 11 is 5.85. The molecule has 1 aromatic rings. The van der Waals surface area contributed by atoms with Crippen LogP contribution >= 0.6 is 11.6 Å². The van der Waals surface area contributed by atoms with Crippen molar-refractivity contribution in [2.75, 3.05) is 19.7 Å². The molecule has 3 atom stereocenters. The summed E-state index contributed by atoms with van der Waals surface area (Å²) in [6.45, 7) is 2.30. The maximum absolute atomic E-state index is 14.0. The van der Waals surface area contributed by atoms with Crippen LogP contribution in [0.4, 0.5) is 8.78 Å². The third-order valence-corrected chi connectivity index (χ3v) is 5.96. The summed E-state index contributed by atoms with van der Waals surface area (Å²) in [5, 5.41) is 14.8. The predicted molar refractivity (Wildman–Crippen MR) is 119 cm³/mol. The fourth-order valence-electron chi connectivity index (χ4n) is 4.05. The normalized spacial score (nSPS) is 27.5. The average Bonchev–Trinajstić information content (AvgIpc) is 3.34. The Bertz CT molecular complexity index is 1030. The summed E-state index contributed by atoms with van der Waals surface area (Å²) in [6.07, 6.45) is 3.05. The Morgan fingerprint density at radius 1 is 1.41 bits per heavy atom. The summed E-state index contributed by atoms with van der Waals surface area (Å²) in [7, 11) is 0. The van der Waals surface area contributed by atoms with Gasteiger partial charge in [0.15, 0.2) is 0 Å². The number of nitrogens with zero attached hydrogens (tertiary/aromatic N) is 2. The van der Waals surface area contributed by atoms with Crippen molar-refractivity contribution in [2.45, 2.75) is 38.0 Å². The molecular weight excluding hydrogens is 440 g/mol. The lowest BCUT2D eigenvalue weighted by Crippen LogP contribution is -2.35. The van der Waals surface area contributed by atoms with E-state index in [2.05, 4.69) is 15.6 Å². The zero-order valence-electron chi connectivity index (χ0n) is 17.5. The van der Waals surface area contributed by atoms with E-state index in [4.69, 9.17) is 21.7 Å². The van der Waals surface area contributed by atoms with E-state index in [1.54, 1.807) is 6.20 Å². The number of halogens is 3. The number of benzene rings is 1. The topological polar surface area (TPSA) is 89.8 Å². The van der Waals surface area contributed by atoms with E-state index < -0.39 is 12.0 Å². The Morgan fingerprint density at radius 2 is 2.22 bits per heavy atom. The molecule has 2 fully saturated rings. The minimum atomic E-state index is -0.954. The standard InChI is InChI=1S/C22H24ClF2N5O2/c1-2-19-17(25)6-14(29-19)11-32-20-5-13(24)3-4-15(20)22(31)30-9-16(18(26)10-30)21-27-7-12(23)8-28-21/h3-5,7-8,14,17,19,26-27,29H,2,6,9-11H2,1H3/b21-16+,26-18?. The van der Waals surface area contributed by atoms with Crippen molar-refractivity contribution in [2.24, 2.45) is 4.99 Å². The minimum Gasteiger partial charge on any atom is -0.491 e. The van der Waals surface area contributed by atoms with E-state index in [9.17, 15) is 13.6 Å². The first-order chi connectivity index (χ1) is 15.4. The van der Waals surface area contributed by atoms with E-state index in [1.807, 2.05) is 6.92 Å². The molecule has 0 spiro atoms. The van der Waals surface area contributed by atoms with Crippen LogP contribution in [0.25, 0.3) is 0 Å². The van der Waals surface area contributed by atoms with Gasteiger partial charge in [-0.05, 0) is 25.0 Å². The molecule has 0 saturated carbocycles. The second-order valence-electron chi connectivity index (χ2n) is 7.98. The van der Waals surface area contributed by atoms with Gasteiger partial charge in [-0.2, -0.15) is 0 Å². The van der Waals surface area contributed by atoms with Gasteiger partial charge in [-0.25, -0.2) is 13.8 Å². The number of likely N-dealkylation sites (tertiary alicyclic amines) is 1. The first kappa shape index (κ1) is 22.4. The van der Waals surface area contributed by atoms with Crippen LogP contribution in [0.2, 0.25) is 0 Å². The van der Waals surface area contributed by atoms with Crippen LogP contribution in [0.3, 0.4) is 0 Å². The lowest BCUT2D eigenvalue weighted by atomic mass is 10.1. The maximum atomic E-state index is 14.0. The van der Waals surface area contributed by atoms with E-state index in [1.165, 1.54) is 23.2 Å². The molecule has 0 aliphatic carbocycles. The Hall–Kier alpha value is -2.78. The first-order valence-corrected chi connectivity index (χ1v) is 10.8. The molecule has 32 heavy (non-hydrogen) atoms. The molecule has 1 aromatic carbocycles. The highest BCUT2D eigenvalue weighted by molar-refractivity contribution is 6.39. The quantitative estimate of drug-likeness (QED) is 0.626. The fraction of sp³-hybridized carbons (Fsp3) is 0.409. The molecule has 4 rings (SSSR count). The number of nitrogens with one attached hydrogen (secondary N) is 3.